The molecule has 1 amide bonds. The van der Waals surface area contributed by atoms with Crippen molar-refractivity contribution >= 4 is 45.7 Å². The summed E-state index contributed by atoms with van der Waals surface area (Å²) in [4.78, 5) is 15.2. The number of fused-ring (bicyclic) bond motifs is 1. The number of carbonyl (C=O) groups is 1. The van der Waals surface area contributed by atoms with Crippen LogP contribution >= 0.6 is 11.6 Å². The average Bonchev–Trinajstić information content (AvgIpc) is 2.79. The monoisotopic (exact) mass is 320 g/mol. The number of nitrogens with one attached hydrogen (secondary N) is 1. The Labute approximate surface area is 128 Å². The molecule has 0 aliphatic rings. The van der Waals surface area contributed by atoms with E-state index in [1.807, 2.05) is 0 Å². The van der Waals surface area contributed by atoms with E-state index in [0.717, 1.165) is 0 Å². The number of aromatic nitrogens is 1. The number of halogens is 2. The second-order valence-electron chi connectivity index (χ2n) is 4.50. The maximum Gasteiger partial charge on any atom is 0.271 e. The van der Waals surface area contributed by atoms with Crippen molar-refractivity contribution in [3.63, 3.8) is 0 Å². The number of primary amides is 1. The Bertz CT molecular complexity index is 894. The van der Waals surface area contributed by atoms with E-state index in [-0.39, 0.29) is 22.2 Å². The van der Waals surface area contributed by atoms with Crippen LogP contribution in [0.15, 0.2) is 34.9 Å². The molecule has 6 nitrogen and oxygen atoms in total. The van der Waals surface area contributed by atoms with Crippen LogP contribution in [0.3, 0.4) is 0 Å². The molecule has 0 aliphatic carbocycles. The van der Waals surface area contributed by atoms with Crippen LogP contribution in [0.5, 0.6) is 0 Å². The van der Waals surface area contributed by atoms with Crippen LogP contribution in [0.4, 0.5) is 21.6 Å². The van der Waals surface area contributed by atoms with E-state index in [2.05, 4.69) is 10.3 Å². The van der Waals surface area contributed by atoms with Gasteiger partial charge in [0.15, 0.2) is 11.3 Å². The van der Waals surface area contributed by atoms with E-state index in [0.29, 0.717) is 16.8 Å². The first-order chi connectivity index (χ1) is 10.5. The molecule has 8 heteroatoms. The summed E-state index contributed by atoms with van der Waals surface area (Å²) in [5.41, 5.74) is 12.2. The molecular formula is C14H10ClFN4O2. The average molecular weight is 321 g/mol. The summed E-state index contributed by atoms with van der Waals surface area (Å²) in [5.74, 6) is -1.21. The van der Waals surface area contributed by atoms with Crippen LogP contribution in [0.2, 0.25) is 5.02 Å². The summed E-state index contributed by atoms with van der Waals surface area (Å²) >= 11 is 5.74. The first-order valence-electron chi connectivity index (χ1n) is 6.16. The predicted molar refractivity (Wildman–Crippen MR) is 81.6 cm³/mol. The number of amides is 1. The Balaban J connectivity index is 2.11. The van der Waals surface area contributed by atoms with Gasteiger partial charge in [-0.2, -0.15) is 0 Å². The van der Waals surface area contributed by atoms with Crippen LogP contribution in [-0.2, 0) is 0 Å². The Morgan fingerprint density at radius 2 is 2.14 bits per heavy atom. The number of rotatable bonds is 3. The molecule has 22 heavy (non-hydrogen) atoms. The van der Waals surface area contributed by atoms with Crippen LogP contribution in [0.1, 0.15) is 10.5 Å². The number of hydrogen-bond donors (Lipinski definition) is 3. The summed E-state index contributed by atoms with van der Waals surface area (Å²) in [6.07, 6.45) is 1.42. The van der Waals surface area contributed by atoms with Gasteiger partial charge in [0.1, 0.15) is 11.5 Å². The number of hydrogen-bond acceptors (Lipinski definition) is 5. The minimum atomic E-state index is -0.726. The highest BCUT2D eigenvalue weighted by Gasteiger charge is 2.18. The zero-order valence-electron chi connectivity index (χ0n) is 11.1. The predicted octanol–water partition coefficient (Wildman–Crippen LogP) is 3.04. The number of benzene rings is 1. The number of furan rings is 1. The van der Waals surface area contributed by atoms with Crippen molar-refractivity contribution in [1.82, 2.24) is 4.98 Å². The molecule has 1 aromatic carbocycles. The van der Waals surface area contributed by atoms with Gasteiger partial charge in [0.05, 0.1) is 10.4 Å². The normalized spacial score (nSPS) is 10.8. The number of pyridine rings is 1. The lowest BCUT2D eigenvalue weighted by atomic mass is 10.2. The maximum absolute atomic E-state index is 13.2. The molecule has 0 spiro atoms. The van der Waals surface area contributed by atoms with Gasteiger partial charge < -0.3 is 21.2 Å². The number of nitrogens with two attached hydrogens (primary N) is 2. The summed E-state index contributed by atoms with van der Waals surface area (Å²) in [5, 5.41) is 3.48. The van der Waals surface area contributed by atoms with Crippen molar-refractivity contribution in [2.75, 3.05) is 11.1 Å². The van der Waals surface area contributed by atoms with E-state index in [1.54, 1.807) is 6.07 Å². The van der Waals surface area contributed by atoms with Gasteiger partial charge >= 0.3 is 0 Å². The number of carbonyl (C=O) groups excluding carboxylic acids is 1. The van der Waals surface area contributed by atoms with Crippen molar-refractivity contribution in [3.8, 4) is 0 Å². The Morgan fingerprint density at radius 1 is 1.36 bits per heavy atom. The van der Waals surface area contributed by atoms with Gasteiger partial charge in [-0.3, -0.25) is 4.79 Å². The smallest absolute Gasteiger partial charge is 0.271 e. The third-order valence-corrected chi connectivity index (χ3v) is 3.34. The minimum absolute atomic E-state index is 0.0191. The highest BCUT2D eigenvalue weighted by molar-refractivity contribution is 6.31. The van der Waals surface area contributed by atoms with Crippen LogP contribution in [0.25, 0.3) is 11.0 Å². The zero-order chi connectivity index (χ0) is 15.9. The number of nitrogen functional groups attached to an aromatic ring is 1. The summed E-state index contributed by atoms with van der Waals surface area (Å²) in [6.45, 7) is 0. The van der Waals surface area contributed by atoms with E-state index < -0.39 is 11.7 Å². The minimum Gasteiger partial charge on any atom is -0.436 e. The largest absolute Gasteiger partial charge is 0.436 e. The van der Waals surface area contributed by atoms with Crippen molar-refractivity contribution in [3.05, 3.63) is 47.0 Å². The van der Waals surface area contributed by atoms with E-state index in [1.165, 1.54) is 24.4 Å². The van der Waals surface area contributed by atoms with Crippen LogP contribution < -0.4 is 16.8 Å². The molecule has 3 aromatic rings. The SMILES string of the molecule is NC(=O)c1nccc2c(Nc3ccc(F)c(Cl)c3)c(N)oc12. The molecule has 112 valence electrons. The fraction of sp³-hybridized carbons (Fsp3) is 0. The van der Waals surface area contributed by atoms with Crippen LogP contribution in [0, 0.1) is 5.82 Å². The topological polar surface area (TPSA) is 107 Å². The molecular weight excluding hydrogens is 311 g/mol. The van der Waals surface area contributed by atoms with Gasteiger partial charge in [0.25, 0.3) is 5.91 Å². The standard InChI is InChI=1S/C14H10ClFN4O2/c15-8-5-6(1-2-9(8)16)20-10-7-3-4-19-11(13(17)21)12(7)22-14(10)18/h1-5,20H,18H2,(H2,17,21). The lowest BCUT2D eigenvalue weighted by molar-refractivity contribution is 0.0996. The van der Waals surface area contributed by atoms with Crippen molar-refractivity contribution in [2.45, 2.75) is 0 Å². The summed E-state index contributed by atoms with van der Waals surface area (Å²) in [7, 11) is 0. The van der Waals surface area contributed by atoms with E-state index in [4.69, 9.17) is 27.5 Å². The molecule has 3 rings (SSSR count). The fourth-order valence-corrected chi connectivity index (χ4v) is 2.25. The van der Waals surface area contributed by atoms with E-state index in [9.17, 15) is 9.18 Å². The maximum atomic E-state index is 13.2. The Kier molecular flexibility index (Phi) is 3.34. The lowest BCUT2D eigenvalue weighted by Gasteiger charge is -2.06. The van der Waals surface area contributed by atoms with Gasteiger partial charge in [0.2, 0.25) is 5.88 Å². The molecule has 0 fully saturated rings. The summed E-state index contributed by atoms with van der Waals surface area (Å²) < 4.78 is 18.6. The third-order valence-electron chi connectivity index (χ3n) is 3.05. The first-order valence-corrected chi connectivity index (χ1v) is 6.54. The quantitative estimate of drug-likeness (QED) is 0.687. The van der Waals surface area contributed by atoms with Crippen molar-refractivity contribution in [1.29, 1.82) is 0 Å². The molecule has 0 saturated heterocycles. The molecule has 2 heterocycles. The molecule has 0 saturated carbocycles. The molecule has 0 aliphatic heterocycles. The molecule has 0 unspecified atom stereocenters. The Hall–Kier alpha value is -2.80. The second-order valence-corrected chi connectivity index (χ2v) is 4.90. The molecule has 2 aromatic heterocycles. The van der Waals surface area contributed by atoms with Crippen molar-refractivity contribution < 1.29 is 13.6 Å². The molecule has 0 radical (unpaired) electrons. The van der Waals surface area contributed by atoms with Crippen molar-refractivity contribution in [2.24, 2.45) is 5.73 Å². The molecule has 5 N–H and O–H groups in total. The zero-order valence-corrected chi connectivity index (χ0v) is 11.8. The van der Waals surface area contributed by atoms with Gasteiger partial charge in [-0.15, -0.1) is 0 Å². The molecule has 0 bridgehead atoms. The highest BCUT2D eigenvalue weighted by Crippen LogP contribution is 2.36. The van der Waals surface area contributed by atoms with Crippen LogP contribution in [-0.4, -0.2) is 10.9 Å². The molecule has 0 atom stereocenters. The van der Waals surface area contributed by atoms with Gasteiger partial charge in [-0.05, 0) is 24.3 Å². The highest BCUT2D eigenvalue weighted by atomic mass is 35.5. The van der Waals surface area contributed by atoms with E-state index >= 15 is 0 Å². The van der Waals surface area contributed by atoms with Gasteiger partial charge in [-0.25, -0.2) is 9.37 Å². The summed E-state index contributed by atoms with van der Waals surface area (Å²) in [6, 6.07) is 5.75. The lowest BCUT2D eigenvalue weighted by Crippen LogP contribution is -2.12. The fourth-order valence-electron chi connectivity index (χ4n) is 2.06. The number of anilines is 3. The Morgan fingerprint density at radius 3 is 2.82 bits per heavy atom. The second kappa shape index (κ2) is 5.19. The first kappa shape index (κ1) is 14.2. The third kappa shape index (κ3) is 2.31. The van der Waals surface area contributed by atoms with Gasteiger partial charge in [0, 0.05) is 11.9 Å². The van der Waals surface area contributed by atoms with Gasteiger partial charge in [-0.1, -0.05) is 11.6 Å². The number of nitrogens with zero attached hydrogens (tertiary/aromatic N) is 1.